The third-order valence-electron chi connectivity index (χ3n) is 1.81. The molecular weight excluding hydrogens is 218 g/mol. The molecule has 0 saturated carbocycles. The van der Waals surface area contributed by atoms with E-state index in [0.717, 1.165) is 5.70 Å². The lowest BCUT2D eigenvalue weighted by molar-refractivity contribution is 0.0623. The summed E-state index contributed by atoms with van der Waals surface area (Å²) in [6, 6.07) is 0. The summed E-state index contributed by atoms with van der Waals surface area (Å²) in [7, 11) is -1.55. The van der Waals surface area contributed by atoms with Crippen molar-refractivity contribution in [1.82, 2.24) is 5.32 Å². The minimum absolute atomic E-state index is 0.319. The van der Waals surface area contributed by atoms with Gasteiger partial charge in [0.2, 0.25) is 8.32 Å². The highest BCUT2D eigenvalue weighted by molar-refractivity contribution is 6.70. The normalized spacial score (nSPS) is 18.9. The van der Waals surface area contributed by atoms with Crippen molar-refractivity contribution < 1.29 is 9.16 Å². The fourth-order valence-corrected chi connectivity index (χ4v) is 2.16. The average molecular weight is 239 g/mol. The highest BCUT2D eigenvalue weighted by Crippen LogP contribution is 2.17. The lowest BCUT2D eigenvalue weighted by Gasteiger charge is -2.19. The molecule has 90 valence electrons. The highest BCUT2D eigenvalue weighted by atomic mass is 28.4. The van der Waals surface area contributed by atoms with Crippen LogP contribution in [-0.2, 0) is 9.16 Å². The van der Waals surface area contributed by atoms with Crippen LogP contribution in [0.15, 0.2) is 36.4 Å². The van der Waals surface area contributed by atoms with Crippen molar-refractivity contribution in [1.29, 1.82) is 0 Å². The zero-order valence-corrected chi connectivity index (χ0v) is 11.8. The molecule has 0 aromatic carbocycles. The van der Waals surface area contributed by atoms with E-state index in [1.807, 2.05) is 26.0 Å². The topological polar surface area (TPSA) is 30.5 Å². The number of rotatable bonds is 4. The first-order valence-electron chi connectivity index (χ1n) is 5.40. The van der Waals surface area contributed by atoms with Crippen molar-refractivity contribution in [3.05, 3.63) is 36.4 Å². The van der Waals surface area contributed by atoms with Gasteiger partial charge in [0.25, 0.3) is 0 Å². The quantitative estimate of drug-likeness (QED) is 0.464. The molecule has 0 saturated heterocycles. The lowest BCUT2D eigenvalue weighted by Crippen LogP contribution is -2.34. The number of nitrogens with one attached hydrogen (secondary N) is 1. The Balaban J connectivity index is 2.47. The average Bonchev–Trinajstić information content (AvgIpc) is 2.39. The van der Waals surface area contributed by atoms with Crippen LogP contribution in [0.2, 0.25) is 19.6 Å². The molecule has 1 aliphatic heterocycles. The van der Waals surface area contributed by atoms with Crippen LogP contribution in [-0.4, -0.2) is 14.0 Å². The Morgan fingerprint density at radius 2 is 2.12 bits per heavy atom. The SMILES string of the molecule is C=C(/C=C/C1=COC(C)(C)N1)O[Si](C)(C)C. The van der Waals surface area contributed by atoms with Crippen molar-refractivity contribution in [2.75, 3.05) is 0 Å². The van der Waals surface area contributed by atoms with E-state index in [-0.39, 0.29) is 5.72 Å². The maximum Gasteiger partial charge on any atom is 0.242 e. The Bertz CT molecular complexity index is 337. The predicted octanol–water partition coefficient (Wildman–Crippen LogP) is 3.11. The number of hydrogen-bond donors (Lipinski definition) is 1. The van der Waals surface area contributed by atoms with Crippen LogP contribution in [0.25, 0.3) is 0 Å². The van der Waals surface area contributed by atoms with Crippen LogP contribution in [0.3, 0.4) is 0 Å². The molecule has 0 spiro atoms. The molecule has 1 heterocycles. The molecule has 0 radical (unpaired) electrons. The molecule has 0 aromatic rings. The molecule has 0 amide bonds. The molecule has 1 aliphatic rings. The van der Waals surface area contributed by atoms with E-state index in [0.29, 0.717) is 5.76 Å². The van der Waals surface area contributed by atoms with Gasteiger partial charge in [-0.15, -0.1) is 0 Å². The third-order valence-corrected chi connectivity index (χ3v) is 2.69. The maximum absolute atomic E-state index is 5.71. The first-order valence-corrected chi connectivity index (χ1v) is 8.81. The summed E-state index contributed by atoms with van der Waals surface area (Å²) in [5, 5.41) is 3.22. The minimum atomic E-state index is -1.55. The van der Waals surface area contributed by atoms with Gasteiger partial charge in [-0.2, -0.15) is 0 Å². The van der Waals surface area contributed by atoms with E-state index in [4.69, 9.17) is 9.16 Å². The molecular formula is C12H21NO2Si. The van der Waals surface area contributed by atoms with Gasteiger partial charge in [0.1, 0.15) is 6.26 Å². The Kier molecular flexibility index (Phi) is 3.53. The van der Waals surface area contributed by atoms with Gasteiger partial charge < -0.3 is 14.5 Å². The second-order valence-corrected chi connectivity index (χ2v) is 9.77. The van der Waals surface area contributed by atoms with E-state index in [9.17, 15) is 0 Å². The van der Waals surface area contributed by atoms with Crippen molar-refractivity contribution in [3.63, 3.8) is 0 Å². The number of hydrogen-bond acceptors (Lipinski definition) is 3. The number of ether oxygens (including phenoxy) is 1. The molecule has 0 fully saturated rings. The van der Waals surface area contributed by atoms with Gasteiger partial charge >= 0.3 is 0 Å². The summed E-state index contributed by atoms with van der Waals surface area (Å²) in [5.74, 6) is 0.701. The smallest absolute Gasteiger partial charge is 0.242 e. The summed E-state index contributed by atoms with van der Waals surface area (Å²) in [6.07, 6.45) is 5.48. The molecule has 0 bridgehead atoms. The fraction of sp³-hybridized carbons (Fsp3) is 0.500. The van der Waals surface area contributed by atoms with Gasteiger partial charge in [0.15, 0.2) is 5.72 Å². The summed E-state index contributed by atoms with van der Waals surface area (Å²) in [5.41, 5.74) is 0.617. The Morgan fingerprint density at radius 3 is 2.56 bits per heavy atom. The number of allylic oxidation sites excluding steroid dienone is 2. The summed E-state index contributed by atoms with van der Waals surface area (Å²) in [6.45, 7) is 14.2. The van der Waals surface area contributed by atoms with Crippen LogP contribution in [0.4, 0.5) is 0 Å². The van der Waals surface area contributed by atoms with Crippen LogP contribution >= 0.6 is 0 Å². The zero-order valence-electron chi connectivity index (χ0n) is 10.8. The van der Waals surface area contributed by atoms with Crippen molar-refractivity contribution in [2.45, 2.75) is 39.2 Å². The van der Waals surface area contributed by atoms with Gasteiger partial charge in [-0.25, -0.2) is 0 Å². The fourth-order valence-electron chi connectivity index (χ4n) is 1.31. The van der Waals surface area contributed by atoms with E-state index >= 15 is 0 Å². The van der Waals surface area contributed by atoms with E-state index in [1.165, 1.54) is 0 Å². The first kappa shape index (κ1) is 12.9. The van der Waals surface area contributed by atoms with Crippen molar-refractivity contribution in [2.24, 2.45) is 0 Å². The molecule has 1 rings (SSSR count). The third kappa shape index (κ3) is 4.57. The van der Waals surface area contributed by atoms with E-state index in [1.54, 1.807) is 6.26 Å². The Hall–Kier alpha value is -1.16. The maximum atomic E-state index is 5.71. The predicted molar refractivity (Wildman–Crippen MR) is 69.1 cm³/mol. The van der Waals surface area contributed by atoms with Crippen LogP contribution < -0.4 is 5.32 Å². The van der Waals surface area contributed by atoms with Gasteiger partial charge in [-0.05, 0) is 45.6 Å². The molecule has 0 aromatic heterocycles. The molecule has 1 N–H and O–H groups in total. The first-order chi connectivity index (χ1) is 7.18. The van der Waals surface area contributed by atoms with Gasteiger partial charge in [-0.1, -0.05) is 6.58 Å². The van der Waals surface area contributed by atoms with Gasteiger partial charge in [-0.3, -0.25) is 0 Å². The zero-order chi connectivity index (χ0) is 12.4. The minimum Gasteiger partial charge on any atom is -0.545 e. The summed E-state index contributed by atoms with van der Waals surface area (Å²) >= 11 is 0. The lowest BCUT2D eigenvalue weighted by atomic mass is 10.3. The Morgan fingerprint density at radius 1 is 1.50 bits per heavy atom. The largest absolute Gasteiger partial charge is 0.545 e. The molecule has 16 heavy (non-hydrogen) atoms. The van der Waals surface area contributed by atoms with E-state index < -0.39 is 8.32 Å². The molecule has 4 heteroatoms. The van der Waals surface area contributed by atoms with Crippen molar-refractivity contribution >= 4 is 8.32 Å². The molecule has 0 aliphatic carbocycles. The summed E-state index contributed by atoms with van der Waals surface area (Å²) < 4.78 is 11.1. The molecule has 3 nitrogen and oxygen atoms in total. The second kappa shape index (κ2) is 4.37. The van der Waals surface area contributed by atoms with E-state index in [2.05, 4.69) is 31.5 Å². The Labute approximate surface area is 99.0 Å². The molecule has 0 unspecified atom stereocenters. The van der Waals surface area contributed by atoms with Gasteiger partial charge in [0.05, 0.1) is 11.5 Å². The second-order valence-electron chi connectivity index (χ2n) is 5.34. The van der Waals surface area contributed by atoms with Crippen LogP contribution in [0.5, 0.6) is 0 Å². The highest BCUT2D eigenvalue weighted by Gasteiger charge is 2.23. The summed E-state index contributed by atoms with van der Waals surface area (Å²) in [4.78, 5) is 0. The van der Waals surface area contributed by atoms with Crippen molar-refractivity contribution in [3.8, 4) is 0 Å². The van der Waals surface area contributed by atoms with Crippen LogP contribution in [0.1, 0.15) is 13.8 Å². The molecule has 0 atom stereocenters. The monoisotopic (exact) mass is 239 g/mol. The standard InChI is InChI=1S/C12H21NO2Si/c1-10(15-16(4,5)6)7-8-11-9-14-12(2,3)13-11/h7-9,13H,1H2,2-6H3/b8-7+. The van der Waals surface area contributed by atoms with Crippen LogP contribution in [0, 0.1) is 0 Å². The van der Waals surface area contributed by atoms with Gasteiger partial charge in [0, 0.05) is 0 Å².